The van der Waals surface area contributed by atoms with Crippen molar-refractivity contribution >= 4 is 22.7 Å². The molecular weight excluding hydrogens is 556 g/mol. The summed E-state index contributed by atoms with van der Waals surface area (Å²) in [6.45, 7) is 11.2. The minimum atomic E-state index is -0.224. The standard InChI is InChI=1S/C39H56N4O2/c1-29(2)18-25-41-35-16-15-32(43(44)45)28-33(35)38(20-8-5-9-21-38)22-12-7-13-37-39(23-10-6-11-24-39)34-27-31(40)14-17-36(34)42(37)26-19-30(3)4/h7,12-17,27-30,41H,5-6,8-11,18-26,40H2,1-4H3/p+1/b12-7+,37-13+. The Morgan fingerprint density at radius 2 is 1.60 bits per heavy atom. The molecule has 0 bridgehead atoms. The molecule has 2 aliphatic carbocycles. The number of non-ortho nitro benzene ring substituents is 1. The van der Waals surface area contributed by atoms with Gasteiger partial charge >= 0.3 is 0 Å². The van der Waals surface area contributed by atoms with Gasteiger partial charge in [-0.1, -0.05) is 78.4 Å². The molecule has 0 radical (unpaired) electrons. The van der Waals surface area contributed by atoms with Gasteiger partial charge in [-0.2, -0.15) is 0 Å². The van der Waals surface area contributed by atoms with E-state index in [2.05, 4.69) is 74.3 Å². The molecule has 3 aliphatic rings. The van der Waals surface area contributed by atoms with Gasteiger partial charge in [0.1, 0.15) is 5.69 Å². The first-order chi connectivity index (χ1) is 21.6. The van der Waals surface area contributed by atoms with Gasteiger partial charge in [0.05, 0.1) is 11.5 Å². The predicted octanol–water partition coefficient (Wildman–Crippen LogP) is 9.22. The summed E-state index contributed by atoms with van der Waals surface area (Å²) < 4.78 is 0. The quantitative estimate of drug-likeness (QED) is 0.142. The third-order valence-electron chi connectivity index (χ3n) is 10.9. The van der Waals surface area contributed by atoms with E-state index < -0.39 is 0 Å². The Morgan fingerprint density at radius 3 is 2.27 bits per heavy atom. The van der Waals surface area contributed by atoms with Crippen molar-refractivity contribution in [1.29, 1.82) is 0 Å². The van der Waals surface area contributed by atoms with Gasteiger partial charge in [0.15, 0.2) is 0 Å². The number of nitrogens with two attached hydrogens (primary N) is 2. The first-order valence-corrected chi connectivity index (χ1v) is 17.8. The first kappa shape index (κ1) is 33.2. The second kappa shape index (κ2) is 14.5. The molecule has 0 atom stereocenters. The maximum atomic E-state index is 11.9. The molecule has 1 heterocycles. The van der Waals surface area contributed by atoms with Crippen LogP contribution in [0.1, 0.15) is 122 Å². The molecule has 6 nitrogen and oxygen atoms in total. The number of fused-ring (bicyclic) bond motifs is 2. The largest absolute Gasteiger partial charge is 0.399 e. The van der Waals surface area contributed by atoms with E-state index in [0.717, 1.165) is 50.9 Å². The highest BCUT2D eigenvalue weighted by Crippen LogP contribution is 2.56. The molecule has 2 aromatic carbocycles. The van der Waals surface area contributed by atoms with Crippen LogP contribution in [0, 0.1) is 22.0 Å². The van der Waals surface area contributed by atoms with E-state index in [-0.39, 0.29) is 21.4 Å². The number of anilines is 2. The summed E-state index contributed by atoms with van der Waals surface area (Å²) in [5.41, 5.74) is 14.0. The molecule has 244 valence electrons. The van der Waals surface area contributed by atoms with Crippen molar-refractivity contribution in [2.24, 2.45) is 11.8 Å². The van der Waals surface area contributed by atoms with Gasteiger partial charge in [0.25, 0.3) is 5.69 Å². The van der Waals surface area contributed by atoms with Gasteiger partial charge in [-0.15, -0.1) is 0 Å². The average Bonchev–Trinajstić information content (AvgIpc) is 3.25. The number of nitrogen functional groups attached to an aromatic ring is 1. The Hall–Kier alpha value is -3.12. The third-order valence-corrected chi connectivity index (χ3v) is 10.9. The van der Waals surface area contributed by atoms with Crippen molar-refractivity contribution in [3.8, 4) is 0 Å². The monoisotopic (exact) mass is 613 g/mol. The van der Waals surface area contributed by atoms with E-state index in [4.69, 9.17) is 5.73 Å². The molecule has 2 aromatic rings. The molecule has 2 fully saturated rings. The fraction of sp³-hybridized carbons (Fsp3) is 0.590. The molecule has 1 spiro atoms. The summed E-state index contributed by atoms with van der Waals surface area (Å²) in [4.78, 5) is 14.3. The van der Waals surface area contributed by atoms with E-state index >= 15 is 0 Å². The maximum Gasteiger partial charge on any atom is 0.270 e. The SMILES string of the molecule is CC(C)CC[NH2+]c1ccc([N+](=O)[O-])cc1C1(C/C=C/C=C2/N(CCC(C)C)c3ccc(N)cc3C23CCCCC3)CCCCC1. The summed E-state index contributed by atoms with van der Waals surface area (Å²) in [7, 11) is 0. The van der Waals surface area contributed by atoms with Crippen molar-refractivity contribution in [2.75, 3.05) is 23.7 Å². The number of allylic oxidation sites excluding steroid dienone is 4. The minimum absolute atomic E-state index is 0.0331. The normalized spacial score (nSPS) is 20.1. The second-order valence-electron chi connectivity index (χ2n) is 15.0. The van der Waals surface area contributed by atoms with E-state index in [9.17, 15) is 10.1 Å². The number of nitro benzene ring substituents is 1. The number of quaternary nitrogens is 1. The van der Waals surface area contributed by atoms with Crippen LogP contribution in [-0.2, 0) is 10.8 Å². The van der Waals surface area contributed by atoms with Crippen LogP contribution in [0.5, 0.6) is 0 Å². The van der Waals surface area contributed by atoms with Gasteiger partial charge in [-0.3, -0.25) is 10.1 Å². The number of nitrogens with zero attached hydrogens (tertiary/aromatic N) is 2. The van der Waals surface area contributed by atoms with Gasteiger partial charge < -0.3 is 16.0 Å². The molecular formula is C39H57N4O2+. The zero-order valence-electron chi connectivity index (χ0n) is 28.3. The van der Waals surface area contributed by atoms with Crippen molar-refractivity contribution in [3.63, 3.8) is 0 Å². The lowest BCUT2D eigenvalue weighted by Crippen LogP contribution is -2.78. The predicted molar refractivity (Wildman–Crippen MR) is 188 cm³/mol. The Bertz CT molecular complexity index is 1380. The summed E-state index contributed by atoms with van der Waals surface area (Å²) in [5.74, 6) is 1.27. The van der Waals surface area contributed by atoms with Crippen molar-refractivity contribution < 1.29 is 10.2 Å². The molecule has 5 rings (SSSR count). The van der Waals surface area contributed by atoms with Crippen molar-refractivity contribution in [3.05, 3.63) is 81.6 Å². The van der Waals surface area contributed by atoms with Crippen LogP contribution in [0.3, 0.4) is 0 Å². The molecule has 45 heavy (non-hydrogen) atoms. The number of hydrogen-bond acceptors (Lipinski definition) is 4. The minimum Gasteiger partial charge on any atom is -0.399 e. The number of benzene rings is 2. The Labute approximate surface area is 271 Å². The van der Waals surface area contributed by atoms with Crippen LogP contribution in [0.2, 0.25) is 0 Å². The Balaban J connectivity index is 1.50. The highest BCUT2D eigenvalue weighted by Gasteiger charge is 2.47. The number of hydrogen-bond donors (Lipinski definition) is 2. The molecule has 1 aliphatic heterocycles. The number of rotatable bonds is 12. The molecule has 0 unspecified atom stereocenters. The molecule has 4 N–H and O–H groups in total. The zero-order chi connectivity index (χ0) is 32.0. The smallest absolute Gasteiger partial charge is 0.270 e. The number of nitro groups is 1. The van der Waals surface area contributed by atoms with Crippen LogP contribution < -0.4 is 16.0 Å². The fourth-order valence-electron chi connectivity index (χ4n) is 8.39. The van der Waals surface area contributed by atoms with Gasteiger partial charge in [0.2, 0.25) is 0 Å². The molecule has 2 saturated carbocycles. The molecule has 0 aromatic heterocycles. The second-order valence-corrected chi connectivity index (χ2v) is 15.0. The van der Waals surface area contributed by atoms with Gasteiger partial charge in [0, 0.05) is 58.2 Å². The highest BCUT2D eigenvalue weighted by molar-refractivity contribution is 5.74. The zero-order valence-corrected chi connectivity index (χ0v) is 28.3. The average molecular weight is 614 g/mol. The summed E-state index contributed by atoms with van der Waals surface area (Å²) in [5, 5.41) is 14.2. The maximum absolute atomic E-state index is 11.9. The van der Waals surface area contributed by atoms with Crippen molar-refractivity contribution in [2.45, 2.75) is 122 Å². The van der Waals surface area contributed by atoms with Crippen LogP contribution in [0.25, 0.3) is 0 Å². The lowest BCUT2D eigenvalue weighted by atomic mass is 9.66. The first-order valence-electron chi connectivity index (χ1n) is 17.8. The van der Waals surface area contributed by atoms with Crippen LogP contribution in [0.4, 0.5) is 22.7 Å². The summed E-state index contributed by atoms with van der Waals surface area (Å²) >= 11 is 0. The van der Waals surface area contributed by atoms with E-state index in [0.29, 0.717) is 11.8 Å². The van der Waals surface area contributed by atoms with Crippen LogP contribution >= 0.6 is 0 Å². The topological polar surface area (TPSA) is 89.0 Å². The fourth-order valence-corrected chi connectivity index (χ4v) is 8.39. The van der Waals surface area contributed by atoms with Gasteiger partial charge in [-0.25, -0.2) is 0 Å². The highest BCUT2D eigenvalue weighted by atomic mass is 16.6. The van der Waals surface area contributed by atoms with E-state index in [1.807, 2.05) is 12.1 Å². The molecule has 0 amide bonds. The van der Waals surface area contributed by atoms with Crippen LogP contribution in [-0.4, -0.2) is 18.0 Å². The summed E-state index contributed by atoms with van der Waals surface area (Å²) in [6.07, 6.45) is 22.2. The molecule has 0 saturated heterocycles. The summed E-state index contributed by atoms with van der Waals surface area (Å²) in [6, 6.07) is 12.2. The van der Waals surface area contributed by atoms with E-state index in [1.165, 1.54) is 79.6 Å². The molecule has 6 heteroatoms. The van der Waals surface area contributed by atoms with E-state index in [1.54, 1.807) is 6.07 Å². The van der Waals surface area contributed by atoms with Crippen LogP contribution in [0.15, 0.2) is 60.3 Å². The lowest BCUT2D eigenvalue weighted by molar-refractivity contribution is -0.573. The Kier molecular flexibility index (Phi) is 10.7. The Morgan fingerprint density at radius 1 is 0.911 bits per heavy atom. The third kappa shape index (κ3) is 7.32. The van der Waals surface area contributed by atoms with Gasteiger partial charge in [-0.05, 0) is 86.6 Å². The van der Waals surface area contributed by atoms with Crippen molar-refractivity contribution in [1.82, 2.24) is 0 Å². The lowest BCUT2D eigenvalue weighted by Gasteiger charge is -2.38.